The molecular formula is C11H11ClN4O2S. The van der Waals surface area contributed by atoms with E-state index >= 15 is 0 Å². The first-order valence-corrected chi connectivity index (χ1v) is 7.03. The third-order valence-corrected chi connectivity index (χ3v) is 5.09. The summed E-state index contributed by atoms with van der Waals surface area (Å²) in [5, 5.41) is 23.3. The summed E-state index contributed by atoms with van der Waals surface area (Å²) in [6.45, 7) is 2.20. The third-order valence-electron chi connectivity index (χ3n) is 3.39. The fourth-order valence-electron chi connectivity index (χ4n) is 1.93. The number of hydrogen-bond acceptors (Lipinski definition) is 5. The summed E-state index contributed by atoms with van der Waals surface area (Å²) in [6, 6.07) is 0. The van der Waals surface area contributed by atoms with E-state index in [1.54, 1.807) is 0 Å². The van der Waals surface area contributed by atoms with Gasteiger partial charge in [0.1, 0.15) is 0 Å². The largest absolute Gasteiger partial charge is 0.481 e. The molecule has 8 heteroatoms. The van der Waals surface area contributed by atoms with Crippen molar-refractivity contribution >= 4 is 28.9 Å². The molecule has 1 N–H and O–H groups in total. The van der Waals surface area contributed by atoms with Crippen LogP contribution in [0, 0.1) is 12.3 Å². The van der Waals surface area contributed by atoms with E-state index in [1.807, 2.05) is 12.3 Å². The van der Waals surface area contributed by atoms with Gasteiger partial charge in [-0.25, -0.2) is 4.68 Å². The van der Waals surface area contributed by atoms with Crippen LogP contribution in [-0.2, 0) is 11.3 Å². The summed E-state index contributed by atoms with van der Waals surface area (Å²) in [7, 11) is 0. The maximum Gasteiger partial charge on any atom is 0.311 e. The Bertz CT molecular complexity index is 647. The van der Waals surface area contributed by atoms with Gasteiger partial charge < -0.3 is 5.11 Å². The Morgan fingerprint density at radius 2 is 2.37 bits per heavy atom. The summed E-state index contributed by atoms with van der Waals surface area (Å²) in [4.78, 5) is 12.0. The number of carbonyl (C=O) groups is 1. The van der Waals surface area contributed by atoms with E-state index in [1.165, 1.54) is 16.0 Å². The first-order valence-electron chi connectivity index (χ1n) is 5.77. The Kier molecular flexibility index (Phi) is 2.83. The van der Waals surface area contributed by atoms with Crippen LogP contribution < -0.4 is 0 Å². The lowest BCUT2D eigenvalue weighted by atomic mass is 10.1. The van der Waals surface area contributed by atoms with Gasteiger partial charge >= 0.3 is 5.97 Å². The van der Waals surface area contributed by atoms with Crippen LogP contribution in [0.2, 0.25) is 5.02 Å². The quantitative estimate of drug-likeness (QED) is 0.936. The van der Waals surface area contributed by atoms with Crippen molar-refractivity contribution in [2.75, 3.05) is 0 Å². The lowest BCUT2D eigenvalue weighted by Gasteiger charge is -2.10. The first kappa shape index (κ1) is 12.6. The highest BCUT2D eigenvalue weighted by Gasteiger charge is 2.51. The van der Waals surface area contributed by atoms with Crippen LogP contribution in [0.3, 0.4) is 0 Å². The molecule has 2 heterocycles. The van der Waals surface area contributed by atoms with Crippen molar-refractivity contribution in [2.24, 2.45) is 5.41 Å². The second kappa shape index (κ2) is 4.28. The van der Waals surface area contributed by atoms with Crippen molar-refractivity contribution in [3.8, 4) is 10.7 Å². The van der Waals surface area contributed by atoms with Crippen molar-refractivity contribution in [1.82, 2.24) is 20.2 Å². The van der Waals surface area contributed by atoms with E-state index in [0.29, 0.717) is 23.7 Å². The van der Waals surface area contributed by atoms with Gasteiger partial charge in [0.25, 0.3) is 0 Å². The van der Waals surface area contributed by atoms with Crippen LogP contribution >= 0.6 is 22.9 Å². The number of tetrazole rings is 1. The molecule has 1 fully saturated rings. The molecule has 2 aromatic heterocycles. The number of halogens is 1. The van der Waals surface area contributed by atoms with Crippen molar-refractivity contribution in [2.45, 2.75) is 26.3 Å². The van der Waals surface area contributed by atoms with E-state index in [0.717, 1.165) is 10.4 Å². The monoisotopic (exact) mass is 298 g/mol. The zero-order chi connectivity index (χ0) is 13.6. The number of nitrogens with zero attached hydrogens (tertiary/aromatic N) is 4. The Morgan fingerprint density at radius 3 is 2.89 bits per heavy atom. The van der Waals surface area contributed by atoms with Gasteiger partial charge in [0.15, 0.2) is 5.82 Å². The zero-order valence-corrected chi connectivity index (χ0v) is 11.7. The number of aliphatic carboxylic acids is 1. The van der Waals surface area contributed by atoms with Gasteiger partial charge in [-0.3, -0.25) is 4.79 Å². The molecule has 0 spiro atoms. The normalized spacial score (nSPS) is 16.5. The highest BCUT2D eigenvalue weighted by Crippen LogP contribution is 2.48. The highest BCUT2D eigenvalue weighted by atomic mass is 35.5. The topological polar surface area (TPSA) is 80.9 Å². The summed E-state index contributed by atoms with van der Waals surface area (Å²) in [5.74, 6) is -0.252. The number of hydrogen-bond donors (Lipinski definition) is 1. The summed E-state index contributed by atoms with van der Waals surface area (Å²) < 4.78 is 1.54. The van der Waals surface area contributed by atoms with E-state index in [2.05, 4.69) is 15.5 Å². The number of aryl methyl sites for hydroxylation is 1. The predicted octanol–water partition coefficient (Wildman–Crippen LogP) is 2.23. The van der Waals surface area contributed by atoms with Crippen LogP contribution in [0.4, 0.5) is 0 Å². The highest BCUT2D eigenvalue weighted by molar-refractivity contribution is 7.14. The molecule has 0 amide bonds. The van der Waals surface area contributed by atoms with Gasteiger partial charge in [-0.2, -0.15) is 0 Å². The molecular weight excluding hydrogens is 288 g/mol. The summed E-state index contributed by atoms with van der Waals surface area (Å²) in [6.07, 6.45) is 1.33. The Morgan fingerprint density at radius 1 is 1.63 bits per heavy atom. The zero-order valence-electron chi connectivity index (χ0n) is 10.1. The third kappa shape index (κ3) is 2.02. The number of carboxylic acids is 1. The molecule has 1 aliphatic carbocycles. The molecule has 0 bridgehead atoms. The van der Waals surface area contributed by atoms with Crippen LogP contribution in [-0.4, -0.2) is 31.3 Å². The summed E-state index contributed by atoms with van der Waals surface area (Å²) >= 11 is 7.67. The second-order valence-corrected chi connectivity index (χ2v) is 6.07. The molecule has 0 radical (unpaired) electrons. The van der Waals surface area contributed by atoms with Crippen LogP contribution in [0.25, 0.3) is 10.7 Å². The number of rotatable bonds is 4. The SMILES string of the molecule is Cc1csc(-c2nnnn2CC2(C(=O)O)CC2)c1Cl. The molecule has 3 rings (SSSR count). The van der Waals surface area contributed by atoms with Gasteiger partial charge in [-0.05, 0) is 41.1 Å². The first-order chi connectivity index (χ1) is 9.03. The van der Waals surface area contributed by atoms with E-state index < -0.39 is 11.4 Å². The molecule has 19 heavy (non-hydrogen) atoms. The van der Waals surface area contributed by atoms with Gasteiger partial charge in [0.2, 0.25) is 0 Å². The fraction of sp³-hybridized carbons (Fsp3) is 0.455. The van der Waals surface area contributed by atoms with Crippen LogP contribution in [0.5, 0.6) is 0 Å². The molecule has 0 atom stereocenters. The van der Waals surface area contributed by atoms with E-state index in [-0.39, 0.29) is 6.54 Å². The molecule has 0 unspecified atom stereocenters. The molecule has 6 nitrogen and oxygen atoms in total. The number of carboxylic acid groups (broad SMARTS) is 1. The van der Waals surface area contributed by atoms with Gasteiger partial charge in [0, 0.05) is 0 Å². The molecule has 1 aliphatic rings. The van der Waals surface area contributed by atoms with Gasteiger partial charge in [-0.15, -0.1) is 16.4 Å². The second-order valence-electron chi connectivity index (χ2n) is 4.81. The predicted molar refractivity (Wildman–Crippen MR) is 70.2 cm³/mol. The van der Waals surface area contributed by atoms with Crippen LogP contribution in [0.1, 0.15) is 18.4 Å². The van der Waals surface area contributed by atoms with Crippen molar-refractivity contribution in [1.29, 1.82) is 0 Å². The molecule has 1 saturated carbocycles. The Labute approximate surface area is 118 Å². The van der Waals surface area contributed by atoms with E-state index in [4.69, 9.17) is 11.6 Å². The summed E-state index contributed by atoms with van der Waals surface area (Å²) in [5.41, 5.74) is 0.263. The fourth-order valence-corrected chi connectivity index (χ4v) is 3.20. The minimum atomic E-state index is -0.789. The minimum absolute atomic E-state index is 0.290. The van der Waals surface area contributed by atoms with Crippen molar-refractivity contribution < 1.29 is 9.90 Å². The smallest absolute Gasteiger partial charge is 0.311 e. The number of thiophene rings is 1. The molecule has 2 aromatic rings. The average molecular weight is 299 g/mol. The van der Waals surface area contributed by atoms with Crippen molar-refractivity contribution in [3.63, 3.8) is 0 Å². The van der Waals surface area contributed by atoms with E-state index in [9.17, 15) is 9.90 Å². The standard InChI is InChI=1S/C11H11ClN4O2S/c1-6-4-19-8(7(6)12)9-13-14-15-16(9)5-11(2-3-11)10(17)18/h4H,2-3,5H2,1H3,(H,17,18). The van der Waals surface area contributed by atoms with Crippen molar-refractivity contribution in [3.05, 3.63) is 16.0 Å². The van der Waals surface area contributed by atoms with Crippen LogP contribution in [0.15, 0.2) is 5.38 Å². The van der Waals surface area contributed by atoms with Gasteiger partial charge in [0.05, 0.1) is 21.9 Å². The average Bonchev–Trinajstić information content (AvgIpc) is 2.91. The lowest BCUT2D eigenvalue weighted by molar-refractivity contribution is -0.144. The molecule has 0 saturated heterocycles. The molecule has 0 aromatic carbocycles. The molecule has 100 valence electrons. The maximum atomic E-state index is 11.2. The van der Waals surface area contributed by atoms with Gasteiger partial charge in [-0.1, -0.05) is 11.6 Å². The Balaban J connectivity index is 1.95. The Hall–Kier alpha value is -1.47. The molecule has 0 aliphatic heterocycles. The number of aromatic nitrogens is 4. The maximum absolute atomic E-state index is 11.2. The lowest BCUT2D eigenvalue weighted by Crippen LogP contribution is -2.22. The minimum Gasteiger partial charge on any atom is -0.481 e.